The van der Waals surface area contributed by atoms with Crippen molar-refractivity contribution in [3.05, 3.63) is 105 Å². The zero-order chi connectivity index (χ0) is 17.9. The van der Waals surface area contributed by atoms with Gasteiger partial charge in [-0.3, -0.25) is 0 Å². The highest BCUT2D eigenvalue weighted by atomic mass is 79.9. The van der Waals surface area contributed by atoms with Crippen LogP contribution in [0.1, 0.15) is 22.9 Å². The van der Waals surface area contributed by atoms with E-state index in [9.17, 15) is 0 Å². The average Bonchev–Trinajstić information content (AvgIpc) is 2.68. The van der Waals surface area contributed by atoms with Gasteiger partial charge < -0.3 is 4.74 Å². The highest BCUT2D eigenvalue weighted by Gasteiger charge is 2.22. The van der Waals surface area contributed by atoms with Gasteiger partial charge in [-0.1, -0.05) is 76.1 Å². The van der Waals surface area contributed by atoms with Gasteiger partial charge in [-0.15, -0.1) is 0 Å². The Bertz CT molecular complexity index is 967. The lowest BCUT2D eigenvalue weighted by atomic mass is 10.1. The first kappa shape index (κ1) is 17.0. The molecule has 0 bridgehead atoms. The largest absolute Gasteiger partial charge is 0.420 e. The summed E-state index contributed by atoms with van der Waals surface area (Å²) in [6.45, 7) is 0. The van der Waals surface area contributed by atoms with Gasteiger partial charge in [0.2, 0.25) is 11.8 Å². The molecule has 0 saturated heterocycles. The number of hydrogen-bond donors (Lipinski definition) is 0. The third-order valence-corrected chi connectivity index (χ3v) is 4.58. The number of rotatable bonds is 3. The first-order chi connectivity index (χ1) is 12.7. The quantitative estimate of drug-likeness (QED) is 0.505. The smallest absolute Gasteiger partial charge is 0.226 e. The second-order valence-electron chi connectivity index (χ2n) is 5.78. The summed E-state index contributed by atoms with van der Waals surface area (Å²) in [6, 6.07) is 25.4. The molecule has 0 spiro atoms. The van der Waals surface area contributed by atoms with E-state index < -0.39 is 0 Å². The molecule has 0 fully saturated rings. The van der Waals surface area contributed by atoms with Crippen molar-refractivity contribution in [1.82, 2.24) is 0 Å². The Morgan fingerprint density at radius 1 is 0.769 bits per heavy atom. The van der Waals surface area contributed by atoms with Crippen LogP contribution in [0.5, 0.6) is 0 Å². The predicted molar refractivity (Wildman–Crippen MR) is 109 cm³/mol. The number of benzene rings is 3. The molecule has 0 aliphatic carbocycles. The van der Waals surface area contributed by atoms with Gasteiger partial charge in [-0.05, 0) is 35.9 Å². The van der Waals surface area contributed by atoms with Crippen LogP contribution in [-0.2, 0) is 4.74 Å². The molecule has 5 heteroatoms. The van der Waals surface area contributed by atoms with E-state index in [0.29, 0.717) is 16.8 Å². The minimum atomic E-state index is -0.368. The van der Waals surface area contributed by atoms with Gasteiger partial charge in [0.25, 0.3) is 0 Å². The van der Waals surface area contributed by atoms with Gasteiger partial charge in [-0.25, -0.2) is 9.98 Å². The van der Waals surface area contributed by atoms with Gasteiger partial charge in [0.1, 0.15) is 0 Å². The van der Waals surface area contributed by atoms with Crippen LogP contribution in [0.25, 0.3) is 0 Å². The first-order valence-corrected chi connectivity index (χ1v) is 9.26. The Kier molecular flexibility index (Phi) is 4.87. The molecule has 3 aromatic rings. The minimum absolute atomic E-state index is 0.368. The SMILES string of the molecule is Clc1cc(Br)cc(C2=NC(c3ccccc3)N=C(c3ccccc3)O2)c1. The minimum Gasteiger partial charge on any atom is -0.420 e. The van der Waals surface area contributed by atoms with Crippen molar-refractivity contribution in [2.24, 2.45) is 9.98 Å². The van der Waals surface area contributed by atoms with Crippen LogP contribution in [0.15, 0.2) is 93.3 Å². The summed E-state index contributed by atoms with van der Waals surface area (Å²) in [5.74, 6) is 1.04. The summed E-state index contributed by atoms with van der Waals surface area (Å²) in [5.41, 5.74) is 2.71. The number of halogens is 2. The topological polar surface area (TPSA) is 34.0 Å². The van der Waals surface area contributed by atoms with Crippen molar-refractivity contribution in [3.63, 3.8) is 0 Å². The molecule has 0 radical (unpaired) electrons. The number of hydrogen-bond acceptors (Lipinski definition) is 3. The van der Waals surface area contributed by atoms with Gasteiger partial charge in [0.15, 0.2) is 6.17 Å². The Morgan fingerprint density at radius 3 is 2.04 bits per heavy atom. The zero-order valence-corrected chi connectivity index (χ0v) is 16.0. The molecule has 0 amide bonds. The molecule has 4 rings (SSSR count). The molecule has 3 aromatic carbocycles. The molecule has 1 unspecified atom stereocenters. The second-order valence-corrected chi connectivity index (χ2v) is 7.13. The standard InChI is InChI=1S/C21H14BrClN2O/c22-17-11-16(12-18(23)13-17)21-25-19(14-7-3-1-4-8-14)24-20(26-21)15-9-5-2-6-10-15/h1-13,19H. The molecule has 3 nitrogen and oxygen atoms in total. The van der Waals surface area contributed by atoms with Crippen molar-refractivity contribution in [1.29, 1.82) is 0 Å². The summed E-state index contributed by atoms with van der Waals surface area (Å²) in [5, 5.41) is 0.612. The van der Waals surface area contributed by atoms with Crippen molar-refractivity contribution >= 4 is 39.3 Å². The average molecular weight is 426 g/mol. The van der Waals surface area contributed by atoms with Crippen LogP contribution in [0.2, 0.25) is 5.02 Å². The zero-order valence-electron chi connectivity index (χ0n) is 13.6. The van der Waals surface area contributed by atoms with Crippen LogP contribution in [0.3, 0.4) is 0 Å². The van der Waals surface area contributed by atoms with Crippen molar-refractivity contribution in [3.8, 4) is 0 Å². The Hall–Kier alpha value is -2.43. The number of nitrogens with zero attached hydrogens (tertiary/aromatic N) is 2. The van der Waals surface area contributed by atoms with E-state index >= 15 is 0 Å². The molecule has 0 saturated carbocycles. The number of aliphatic imine (C=N–C) groups is 2. The fourth-order valence-corrected chi connectivity index (χ4v) is 3.55. The maximum absolute atomic E-state index is 6.21. The number of ether oxygens (including phenoxy) is 1. The second kappa shape index (κ2) is 7.44. The fraction of sp³-hybridized carbons (Fsp3) is 0.0476. The van der Waals surface area contributed by atoms with Crippen LogP contribution >= 0.6 is 27.5 Å². The summed E-state index contributed by atoms with van der Waals surface area (Å²) in [7, 11) is 0. The summed E-state index contributed by atoms with van der Waals surface area (Å²) in [4.78, 5) is 9.41. The summed E-state index contributed by atoms with van der Waals surface area (Å²) < 4.78 is 6.91. The molecular formula is C21H14BrClN2O. The van der Waals surface area contributed by atoms with Gasteiger partial charge in [0.05, 0.1) is 0 Å². The molecule has 1 aliphatic heterocycles. The molecule has 26 heavy (non-hydrogen) atoms. The van der Waals surface area contributed by atoms with Crippen LogP contribution in [0.4, 0.5) is 0 Å². The summed E-state index contributed by atoms with van der Waals surface area (Å²) in [6.07, 6.45) is -0.368. The van der Waals surface area contributed by atoms with E-state index in [1.807, 2.05) is 78.9 Å². The summed E-state index contributed by atoms with van der Waals surface area (Å²) >= 11 is 9.68. The maximum Gasteiger partial charge on any atom is 0.226 e. The lowest BCUT2D eigenvalue weighted by Crippen LogP contribution is -2.21. The molecule has 1 atom stereocenters. The lowest BCUT2D eigenvalue weighted by molar-refractivity contribution is 0.502. The van der Waals surface area contributed by atoms with Gasteiger partial charge >= 0.3 is 0 Å². The van der Waals surface area contributed by atoms with Gasteiger partial charge in [0, 0.05) is 20.6 Å². The van der Waals surface area contributed by atoms with E-state index in [4.69, 9.17) is 26.3 Å². The molecule has 128 valence electrons. The van der Waals surface area contributed by atoms with E-state index in [1.54, 1.807) is 0 Å². The highest BCUT2D eigenvalue weighted by molar-refractivity contribution is 9.10. The molecule has 1 aliphatic rings. The van der Waals surface area contributed by atoms with E-state index in [1.165, 1.54) is 0 Å². The molecule has 0 aromatic heterocycles. The van der Waals surface area contributed by atoms with Crippen molar-refractivity contribution in [2.45, 2.75) is 6.17 Å². The molecular weight excluding hydrogens is 412 g/mol. The fourth-order valence-electron chi connectivity index (χ4n) is 2.69. The predicted octanol–water partition coefficient (Wildman–Crippen LogP) is 6.02. The monoisotopic (exact) mass is 424 g/mol. The van der Waals surface area contributed by atoms with Gasteiger partial charge in [-0.2, -0.15) is 0 Å². The van der Waals surface area contributed by atoms with E-state index in [0.717, 1.165) is 21.2 Å². The van der Waals surface area contributed by atoms with Crippen LogP contribution in [0, 0.1) is 0 Å². The molecule has 0 N–H and O–H groups in total. The third-order valence-electron chi connectivity index (χ3n) is 3.90. The Labute approximate surface area is 165 Å². The van der Waals surface area contributed by atoms with E-state index in [2.05, 4.69) is 15.9 Å². The first-order valence-electron chi connectivity index (χ1n) is 8.09. The van der Waals surface area contributed by atoms with Crippen molar-refractivity contribution < 1.29 is 4.74 Å². The Morgan fingerprint density at radius 2 is 1.38 bits per heavy atom. The van der Waals surface area contributed by atoms with E-state index in [-0.39, 0.29) is 6.17 Å². The molecule has 1 heterocycles. The highest BCUT2D eigenvalue weighted by Crippen LogP contribution is 2.28. The normalized spacial score (nSPS) is 16.5. The Balaban J connectivity index is 1.80. The maximum atomic E-state index is 6.21. The third kappa shape index (κ3) is 3.71. The van der Waals surface area contributed by atoms with Crippen LogP contribution < -0.4 is 0 Å². The van der Waals surface area contributed by atoms with Crippen molar-refractivity contribution in [2.75, 3.05) is 0 Å². The van der Waals surface area contributed by atoms with Crippen LogP contribution in [-0.4, -0.2) is 11.8 Å². The lowest BCUT2D eigenvalue weighted by Gasteiger charge is -2.21.